The predicted molar refractivity (Wildman–Crippen MR) is 57.9 cm³/mol. The highest BCUT2D eigenvalue weighted by molar-refractivity contribution is 5.94. The van der Waals surface area contributed by atoms with Gasteiger partial charge in [0.05, 0.1) is 14.2 Å². The molecule has 6 nitrogen and oxygen atoms in total. The molecule has 0 unspecified atom stereocenters. The zero-order valence-corrected chi connectivity index (χ0v) is 10.1. The predicted octanol–water partition coefficient (Wildman–Crippen LogP) is 0.458. The molecular formula is C11H16O6. The fourth-order valence-electron chi connectivity index (χ4n) is 1.04. The summed E-state index contributed by atoms with van der Waals surface area (Å²) in [6.07, 6.45) is 3.24. The molecular weight excluding hydrogens is 228 g/mol. The van der Waals surface area contributed by atoms with Crippen molar-refractivity contribution in [3.05, 3.63) is 12.2 Å². The van der Waals surface area contributed by atoms with Crippen LogP contribution in [0.4, 0.5) is 0 Å². The van der Waals surface area contributed by atoms with Crippen molar-refractivity contribution in [2.45, 2.75) is 13.3 Å². The van der Waals surface area contributed by atoms with Gasteiger partial charge in [-0.2, -0.15) is 0 Å². The molecule has 0 aliphatic heterocycles. The van der Waals surface area contributed by atoms with Crippen molar-refractivity contribution in [1.29, 1.82) is 0 Å². The quantitative estimate of drug-likeness (QED) is 0.292. The van der Waals surface area contributed by atoms with Crippen LogP contribution in [0.3, 0.4) is 0 Å². The topological polar surface area (TPSA) is 78.9 Å². The van der Waals surface area contributed by atoms with Gasteiger partial charge in [0.25, 0.3) is 0 Å². The molecule has 0 radical (unpaired) electrons. The Bertz CT molecular complexity index is 291. The van der Waals surface area contributed by atoms with E-state index in [-0.39, 0.29) is 13.0 Å². The first-order valence-electron chi connectivity index (χ1n) is 4.97. The van der Waals surface area contributed by atoms with Crippen LogP contribution in [-0.4, -0.2) is 38.7 Å². The normalized spacial score (nSPS) is 10.4. The molecule has 0 spiro atoms. The summed E-state index contributed by atoms with van der Waals surface area (Å²) in [7, 11) is 2.39. The number of carbonyl (C=O) groups is 3. The summed E-state index contributed by atoms with van der Waals surface area (Å²) in [5.74, 6) is -2.70. The molecule has 0 rings (SSSR count). The monoisotopic (exact) mass is 244 g/mol. The summed E-state index contributed by atoms with van der Waals surface area (Å²) in [4.78, 5) is 32.9. The van der Waals surface area contributed by atoms with Gasteiger partial charge < -0.3 is 14.2 Å². The lowest BCUT2D eigenvalue weighted by molar-refractivity contribution is -0.158. The first kappa shape index (κ1) is 15.2. The van der Waals surface area contributed by atoms with Gasteiger partial charge in [0.2, 0.25) is 0 Å². The lowest BCUT2D eigenvalue weighted by Crippen LogP contribution is -2.25. The maximum Gasteiger partial charge on any atom is 0.320 e. The SMILES string of the molecule is COC(=O)C(C/C=C\COC(C)=O)C(=O)OC. The Kier molecular flexibility index (Phi) is 7.41. The average Bonchev–Trinajstić information content (AvgIpc) is 2.31. The molecule has 0 fully saturated rings. The smallest absolute Gasteiger partial charge is 0.320 e. The molecule has 0 aromatic carbocycles. The Morgan fingerprint density at radius 1 is 1.06 bits per heavy atom. The third-order valence-electron chi connectivity index (χ3n) is 1.89. The van der Waals surface area contributed by atoms with E-state index in [2.05, 4.69) is 14.2 Å². The van der Waals surface area contributed by atoms with Crippen molar-refractivity contribution < 1.29 is 28.6 Å². The van der Waals surface area contributed by atoms with E-state index in [0.717, 1.165) is 0 Å². The number of rotatable bonds is 6. The minimum Gasteiger partial charge on any atom is -0.468 e. The largest absolute Gasteiger partial charge is 0.468 e. The Morgan fingerprint density at radius 3 is 2.00 bits per heavy atom. The number of ether oxygens (including phenoxy) is 3. The van der Waals surface area contributed by atoms with Gasteiger partial charge in [-0.3, -0.25) is 14.4 Å². The Balaban J connectivity index is 4.21. The van der Waals surface area contributed by atoms with Crippen molar-refractivity contribution >= 4 is 17.9 Å². The maximum atomic E-state index is 11.2. The van der Waals surface area contributed by atoms with Gasteiger partial charge in [-0.25, -0.2) is 0 Å². The summed E-state index contributed by atoms with van der Waals surface area (Å²) in [5.41, 5.74) is 0. The fourth-order valence-corrected chi connectivity index (χ4v) is 1.04. The number of allylic oxidation sites excluding steroid dienone is 1. The average molecular weight is 244 g/mol. The van der Waals surface area contributed by atoms with E-state index < -0.39 is 23.8 Å². The van der Waals surface area contributed by atoms with Gasteiger partial charge >= 0.3 is 17.9 Å². The maximum absolute atomic E-state index is 11.2. The van der Waals surface area contributed by atoms with Crippen molar-refractivity contribution in [1.82, 2.24) is 0 Å². The molecule has 96 valence electrons. The molecule has 0 bridgehead atoms. The van der Waals surface area contributed by atoms with Crippen LogP contribution >= 0.6 is 0 Å². The highest BCUT2D eigenvalue weighted by Gasteiger charge is 2.26. The molecule has 0 aromatic rings. The first-order valence-corrected chi connectivity index (χ1v) is 4.97. The zero-order valence-electron chi connectivity index (χ0n) is 10.1. The molecule has 0 aliphatic carbocycles. The van der Waals surface area contributed by atoms with Gasteiger partial charge in [-0.05, 0) is 6.42 Å². The number of hydrogen-bond acceptors (Lipinski definition) is 6. The summed E-state index contributed by atoms with van der Waals surface area (Å²) in [6, 6.07) is 0. The summed E-state index contributed by atoms with van der Waals surface area (Å²) >= 11 is 0. The molecule has 0 saturated heterocycles. The third-order valence-corrected chi connectivity index (χ3v) is 1.89. The van der Waals surface area contributed by atoms with Gasteiger partial charge in [-0.1, -0.05) is 12.2 Å². The number of esters is 3. The van der Waals surface area contributed by atoms with Crippen LogP contribution in [0, 0.1) is 5.92 Å². The Hall–Kier alpha value is -1.85. The second-order valence-electron chi connectivity index (χ2n) is 3.11. The molecule has 0 heterocycles. The lowest BCUT2D eigenvalue weighted by Gasteiger charge is -2.09. The summed E-state index contributed by atoms with van der Waals surface area (Å²) < 4.78 is 13.6. The van der Waals surface area contributed by atoms with E-state index in [1.165, 1.54) is 21.1 Å². The highest BCUT2D eigenvalue weighted by Crippen LogP contribution is 2.08. The van der Waals surface area contributed by atoms with E-state index in [9.17, 15) is 14.4 Å². The first-order chi connectivity index (χ1) is 8.02. The van der Waals surface area contributed by atoms with Crippen molar-refractivity contribution in [2.75, 3.05) is 20.8 Å². The summed E-state index contributed by atoms with van der Waals surface area (Å²) in [6.45, 7) is 1.39. The van der Waals surface area contributed by atoms with E-state index in [0.29, 0.717) is 0 Å². The van der Waals surface area contributed by atoms with E-state index in [1.54, 1.807) is 12.2 Å². The standard InChI is InChI=1S/C11H16O6/c1-8(12)17-7-5-4-6-9(10(13)15-2)11(14)16-3/h4-5,9H,6-7H2,1-3H3/b5-4-. The van der Waals surface area contributed by atoms with Gasteiger partial charge in [0.1, 0.15) is 6.61 Å². The second-order valence-corrected chi connectivity index (χ2v) is 3.11. The molecule has 17 heavy (non-hydrogen) atoms. The van der Waals surface area contributed by atoms with Crippen LogP contribution in [0.15, 0.2) is 12.2 Å². The molecule has 6 heteroatoms. The second kappa shape index (κ2) is 8.32. The van der Waals surface area contributed by atoms with Crippen molar-refractivity contribution in [3.63, 3.8) is 0 Å². The third kappa shape index (κ3) is 6.34. The number of hydrogen-bond donors (Lipinski definition) is 0. The van der Waals surface area contributed by atoms with Gasteiger partial charge in [-0.15, -0.1) is 0 Å². The Labute approximate surface area is 99.5 Å². The molecule has 0 aliphatic rings. The molecule has 0 N–H and O–H groups in total. The van der Waals surface area contributed by atoms with Gasteiger partial charge in [0, 0.05) is 6.92 Å². The van der Waals surface area contributed by atoms with Crippen LogP contribution in [-0.2, 0) is 28.6 Å². The van der Waals surface area contributed by atoms with E-state index in [1.807, 2.05) is 0 Å². The minimum atomic E-state index is -0.987. The van der Waals surface area contributed by atoms with Crippen LogP contribution < -0.4 is 0 Å². The van der Waals surface area contributed by atoms with E-state index in [4.69, 9.17) is 0 Å². The zero-order chi connectivity index (χ0) is 13.3. The van der Waals surface area contributed by atoms with Crippen molar-refractivity contribution in [3.8, 4) is 0 Å². The molecule has 0 amide bonds. The number of carbonyl (C=O) groups excluding carboxylic acids is 3. The summed E-state index contributed by atoms with van der Waals surface area (Å²) in [5, 5.41) is 0. The number of methoxy groups -OCH3 is 2. The van der Waals surface area contributed by atoms with Gasteiger partial charge in [0.15, 0.2) is 5.92 Å². The van der Waals surface area contributed by atoms with Crippen LogP contribution in [0.5, 0.6) is 0 Å². The molecule has 0 aromatic heterocycles. The lowest BCUT2D eigenvalue weighted by atomic mass is 10.1. The van der Waals surface area contributed by atoms with Crippen LogP contribution in [0.25, 0.3) is 0 Å². The fraction of sp³-hybridized carbons (Fsp3) is 0.545. The molecule has 0 atom stereocenters. The highest BCUT2D eigenvalue weighted by atomic mass is 16.5. The van der Waals surface area contributed by atoms with Crippen LogP contribution in [0.1, 0.15) is 13.3 Å². The van der Waals surface area contributed by atoms with Crippen molar-refractivity contribution in [2.24, 2.45) is 5.92 Å². The molecule has 0 saturated carbocycles. The minimum absolute atomic E-state index is 0.102. The van der Waals surface area contributed by atoms with E-state index >= 15 is 0 Å². The van der Waals surface area contributed by atoms with Crippen LogP contribution in [0.2, 0.25) is 0 Å². The Morgan fingerprint density at radius 2 is 1.59 bits per heavy atom.